The third kappa shape index (κ3) is 3.25. The van der Waals surface area contributed by atoms with Crippen LogP contribution in [0, 0.1) is 11.6 Å². The Morgan fingerprint density at radius 1 is 1.10 bits per heavy atom. The number of hydrogen-bond acceptors (Lipinski definition) is 4. The van der Waals surface area contributed by atoms with Crippen molar-refractivity contribution in [1.82, 2.24) is 0 Å². The van der Waals surface area contributed by atoms with Crippen molar-refractivity contribution in [3.63, 3.8) is 0 Å². The fraction of sp³-hybridized carbons (Fsp3) is 0.429. The molecule has 1 aliphatic rings. The molecule has 1 amide bonds. The first kappa shape index (κ1) is 15.5. The van der Waals surface area contributed by atoms with E-state index in [1.807, 2.05) is 0 Å². The van der Waals surface area contributed by atoms with Gasteiger partial charge in [-0.05, 0) is 12.5 Å². The number of Topliss-reactive ketones (excluding diaryl/α,β-unsaturated/α-hetero) is 1. The first-order valence-electron chi connectivity index (χ1n) is 6.48. The van der Waals surface area contributed by atoms with Gasteiger partial charge in [0.2, 0.25) is 0 Å². The molecule has 0 saturated heterocycles. The normalized spacial score (nSPS) is 14.0. The number of amides is 1. The van der Waals surface area contributed by atoms with E-state index < -0.39 is 23.3 Å². The van der Waals surface area contributed by atoms with E-state index in [0.29, 0.717) is 19.6 Å². The van der Waals surface area contributed by atoms with Crippen molar-refractivity contribution in [3.8, 4) is 0 Å². The summed E-state index contributed by atoms with van der Waals surface area (Å²) in [7, 11) is 1.58. The molecule has 1 aromatic rings. The van der Waals surface area contributed by atoms with Crippen LogP contribution in [0.4, 0.5) is 14.5 Å². The Bertz CT molecular complexity index is 562. The molecule has 0 radical (unpaired) electrons. The number of anilines is 1. The second-order valence-corrected chi connectivity index (χ2v) is 4.53. The molecule has 0 unspecified atom stereocenters. The Morgan fingerprint density at radius 2 is 1.81 bits per heavy atom. The molecule has 114 valence electrons. The Hall–Kier alpha value is -1.86. The summed E-state index contributed by atoms with van der Waals surface area (Å²) in [6.07, 6.45) is 0.708. The molecule has 0 saturated carbocycles. The van der Waals surface area contributed by atoms with Crippen LogP contribution in [0.1, 0.15) is 16.8 Å². The van der Waals surface area contributed by atoms with Crippen molar-refractivity contribution < 1.29 is 27.8 Å². The summed E-state index contributed by atoms with van der Waals surface area (Å²) in [5.74, 6) is -3.87. The van der Waals surface area contributed by atoms with Crippen LogP contribution in [0.5, 0.6) is 0 Å². The lowest BCUT2D eigenvalue weighted by Crippen LogP contribution is -2.33. The van der Waals surface area contributed by atoms with Crippen LogP contribution in [0.25, 0.3) is 0 Å². The number of carbonyl (C=O) groups is 2. The second-order valence-electron chi connectivity index (χ2n) is 4.53. The highest BCUT2D eigenvalue weighted by atomic mass is 19.2. The largest absolute Gasteiger partial charge is 0.385 e. The number of methoxy groups -OCH3 is 1. The van der Waals surface area contributed by atoms with Gasteiger partial charge in [0.25, 0.3) is 11.7 Å². The topological polar surface area (TPSA) is 55.8 Å². The van der Waals surface area contributed by atoms with Gasteiger partial charge in [-0.2, -0.15) is 0 Å². The highest BCUT2D eigenvalue weighted by molar-refractivity contribution is 6.52. The molecule has 21 heavy (non-hydrogen) atoms. The Labute approximate surface area is 120 Å². The third-order valence-electron chi connectivity index (χ3n) is 3.11. The molecule has 2 rings (SSSR count). The predicted octanol–water partition coefficient (Wildman–Crippen LogP) is 1.55. The highest BCUT2D eigenvalue weighted by Crippen LogP contribution is 2.30. The van der Waals surface area contributed by atoms with Crippen molar-refractivity contribution in [3.05, 3.63) is 29.3 Å². The fourth-order valence-electron chi connectivity index (χ4n) is 2.07. The lowest BCUT2D eigenvalue weighted by Gasteiger charge is -2.16. The molecular formula is C14H15F2NO4. The zero-order valence-corrected chi connectivity index (χ0v) is 11.5. The lowest BCUT2D eigenvalue weighted by molar-refractivity contribution is -0.114. The monoisotopic (exact) mass is 299 g/mol. The lowest BCUT2D eigenvalue weighted by atomic mass is 10.1. The Balaban J connectivity index is 2.00. The number of rotatable bonds is 7. The summed E-state index contributed by atoms with van der Waals surface area (Å²) in [4.78, 5) is 24.6. The van der Waals surface area contributed by atoms with Gasteiger partial charge in [-0.3, -0.25) is 9.59 Å². The van der Waals surface area contributed by atoms with Crippen molar-refractivity contribution in [1.29, 1.82) is 0 Å². The number of ether oxygens (including phenoxy) is 2. The molecule has 0 spiro atoms. The summed E-state index contributed by atoms with van der Waals surface area (Å²) in [5, 5.41) is 0. The van der Waals surface area contributed by atoms with E-state index in [1.165, 1.54) is 0 Å². The molecule has 0 N–H and O–H groups in total. The standard InChI is InChI=1S/C14H15F2NO4/c1-20-4-2-5-21-6-3-17-12-8-11(16)10(15)7-9(12)13(18)14(17)19/h7-8H,2-6H2,1H3. The van der Waals surface area contributed by atoms with Crippen LogP contribution in [0.15, 0.2) is 12.1 Å². The Kier molecular flexibility index (Phi) is 4.98. The minimum absolute atomic E-state index is 0.0874. The smallest absolute Gasteiger partial charge is 0.299 e. The summed E-state index contributed by atoms with van der Waals surface area (Å²) >= 11 is 0. The average Bonchev–Trinajstić information content (AvgIpc) is 2.68. The van der Waals surface area contributed by atoms with Gasteiger partial charge in [-0.15, -0.1) is 0 Å². The summed E-state index contributed by atoms with van der Waals surface area (Å²) < 4.78 is 36.5. The molecule has 0 fully saturated rings. The number of carbonyl (C=O) groups excluding carboxylic acids is 2. The number of nitrogens with zero attached hydrogens (tertiary/aromatic N) is 1. The van der Waals surface area contributed by atoms with Gasteiger partial charge in [-0.1, -0.05) is 0 Å². The fourth-order valence-corrected chi connectivity index (χ4v) is 2.07. The molecule has 0 aromatic heterocycles. The molecule has 1 aliphatic heterocycles. The molecular weight excluding hydrogens is 284 g/mol. The van der Waals surface area contributed by atoms with Crippen LogP contribution >= 0.6 is 0 Å². The molecule has 1 heterocycles. The Morgan fingerprint density at radius 3 is 2.52 bits per heavy atom. The van der Waals surface area contributed by atoms with E-state index in [1.54, 1.807) is 7.11 Å². The van der Waals surface area contributed by atoms with Crippen LogP contribution in [0.2, 0.25) is 0 Å². The maximum Gasteiger partial charge on any atom is 0.299 e. The highest BCUT2D eigenvalue weighted by Gasteiger charge is 2.36. The molecule has 5 nitrogen and oxygen atoms in total. The summed E-state index contributed by atoms with van der Waals surface area (Å²) in [6.45, 7) is 1.32. The SMILES string of the molecule is COCCCOCCN1C(=O)C(=O)c2cc(F)c(F)cc21. The van der Waals surface area contributed by atoms with Crippen LogP contribution < -0.4 is 4.90 Å². The van der Waals surface area contributed by atoms with E-state index in [0.717, 1.165) is 17.0 Å². The minimum atomic E-state index is -1.15. The van der Waals surface area contributed by atoms with Gasteiger partial charge in [-0.25, -0.2) is 8.78 Å². The van der Waals surface area contributed by atoms with Crippen molar-refractivity contribution >= 4 is 17.4 Å². The van der Waals surface area contributed by atoms with E-state index >= 15 is 0 Å². The number of ketones is 1. The van der Waals surface area contributed by atoms with Gasteiger partial charge in [0.15, 0.2) is 11.6 Å². The van der Waals surface area contributed by atoms with Gasteiger partial charge in [0.1, 0.15) is 0 Å². The van der Waals surface area contributed by atoms with Crippen molar-refractivity contribution in [2.24, 2.45) is 0 Å². The quantitative estimate of drug-likeness (QED) is 0.566. The minimum Gasteiger partial charge on any atom is -0.385 e. The number of hydrogen-bond donors (Lipinski definition) is 0. The summed E-state index contributed by atoms with van der Waals surface area (Å²) in [6, 6.07) is 1.61. The van der Waals surface area contributed by atoms with Crippen LogP contribution in [-0.2, 0) is 14.3 Å². The average molecular weight is 299 g/mol. The van der Waals surface area contributed by atoms with Gasteiger partial charge in [0.05, 0.1) is 17.9 Å². The molecule has 1 aromatic carbocycles. The summed E-state index contributed by atoms with van der Waals surface area (Å²) in [5.41, 5.74) is -0.0253. The van der Waals surface area contributed by atoms with Gasteiger partial charge >= 0.3 is 0 Å². The first-order chi connectivity index (χ1) is 10.1. The van der Waals surface area contributed by atoms with Crippen molar-refractivity contribution in [2.75, 3.05) is 38.4 Å². The van der Waals surface area contributed by atoms with Crippen LogP contribution in [-0.4, -0.2) is 45.2 Å². The first-order valence-corrected chi connectivity index (χ1v) is 6.48. The van der Waals surface area contributed by atoms with E-state index in [-0.39, 0.29) is 24.4 Å². The van der Waals surface area contributed by atoms with E-state index in [4.69, 9.17) is 9.47 Å². The molecule has 7 heteroatoms. The zero-order valence-electron chi connectivity index (χ0n) is 11.5. The molecule has 0 bridgehead atoms. The van der Waals surface area contributed by atoms with Crippen molar-refractivity contribution in [2.45, 2.75) is 6.42 Å². The predicted molar refractivity (Wildman–Crippen MR) is 70.4 cm³/mol. The maximum atomic E-state index is 13.3. The molecule has 0 aliphatic carbocycles. The third-order valence-corrected chi connectivity index (χ3v) is 3.11. The maximum absolute atomic E-state index is 13.3. The number of benzene rings is 1. The van der Waals surface area contributed by atoms with Crippen LogP contribution in [0.3, 0.4) is 0 Å². The number of halogens is 2. The van der Waals surface area contributed by atoms with Gasteiger partial charge in [0, 0.05) is 32.9 Å². The zero-order chi connectivity index (χ0) is 15.4. The number of fused-ring (bicyclic) bond motifs is 1. The van der Waals surface area contributed by atoms with E-state index in [9.17, 15) is 18.4 Å². The van der Waals surface area contributed by atoms with Gasteiger partial charge < -0.3 is 14.4 Å². The second kappa shape index (κ2) is 6.73. The molecule has 0 atom stereocenters. The van der Waals surface area contributed by atoms with E-state index in [2.05, 4.69) is 0 Å².